The maximum atomic E-state index is 13.0. The van der Waals surface area contributed by atoms with Crippen LogP contribution in [0.4, 0.5) is 0 Å². The maximum Gasteiger partial charge on any atom is 0.297 e. The highest BCUT2D eigenvalue weighted by molar-refractivity contribution is 7.86. The molecule has 4 rings (SSSR count). The quantitative estimate of drug-likeness (QED) is 0.464. The third-order valence-corrected chi connectivity index (χ3v) is 6.87. The molecule has 1 N–H and O–H groups in total. The highest BCUT2D eigenvalue weighted by atomic mass is 32.2. The Kier molecular flexibility index (Phi) is 8.10. The number of ether oxygens (including phenoxy) is 3. The molecule has 7 nitrogen and oxygen atoms in total. The van der Waals surface area contributed by atoms with Crippen molar-refractivity contribution in [2.75, 3.05) is 6.61 Å². The zero-order valence-electron chi connectivity index (χ0n) is 18.8. The summed E-state index contributed by atoms with van der Waals surface area (Å²) in [6.07, 6.45) is -4.37. The highest BCUT2D eigenvalue weighted by Crippen LogP contribution is 2.28. The van der Waals surface area contributed by atoms with Crippen LogP contribution in [0.25, 0.3) is 0 Å². The Morgan fingerprint density at radius 1 is 0.824 bits per heavy atom. The van der Waals surface area contributed by atoms with Crippen LogP contribution in [0.2, 0.25) is 0 Å². The molecular weight excluding hydrogens is 456 g/mol. The van der Waals surface area contributed by atoms with E-state index in [1.165, 1.54) is 12.1 Å². The molecule has 1 aliphatic rings. The molecule has 0 unspecified atom stereocenters. The van der Waals surface area contributed by atoms with Crippen LogP contribution in [0.3, 0.4) is 0 Å². The summed E-state index contributed by atoms with van der Waals surface area (Å²) < 4.78 is 49.0. The summed E-state index contributed by atoms with van der Waals surface area (Å²) in [7, 11) is -4.19. The van der Waals surface area contributed by atoms with Crippen LogP contribution in [0.15, 0.2) is 89.8 Å². The molecule has 0 radical (unpaired) electrons. The van der Waals surface area contributed by atoms with E-state index in [0.717, 1.165) is 16.7 Å². The van der Waals surface area contributed by atoms with E-state index in [0.29, 0.717) is 0 Å². The molecular formula is C26H28O7S. The number of aryl methyl sites for hydroxylation is 1. The van der Waals surface area contributed by atoms with Gasteiger partial charge in [-0.15, -0.1) is 0 Å². The first-order valence-corrected chi connectivity index (χ1v) is 12.4. The van der Waals surface area contributed by atoms with Gasteiger partial charge in [0.05, 0.1) is 24.7 Å². The first-order chi connectivity index (χ1) is 16.4. The van der Waals surface area contributed by atoms with E-state index in [1.54, 1.807) is 12.1 Å². The second-order valence-corrected chi connectivity index (χ2v) is 9.72. The number of aliphatic hydroxyl groups is 1. The number of benzene rings is 3. The molecule has 4 atom stereocenters. The number of hydrogen-bond donors (Lipinski definition) is 1. The lowest BCUT2D eigenvalue weighted by atomic mass is 10.0. The normalized spacial score (nSPS) is 23.0. The fourth-order valence-electron chi connectivity index (χ4n) is 3.66. The third kappa shape index (κ3) is 6.29. The average Bonchev–Trinajstić information content (AvgIpc) is 2.85. The Balaban J connectivity index is 1.55. The molecule has 0 amide bonds. The van der Waals surface area contributed by atoms with Gasteiger partial charge < -0.3 is 19.3 Å². The summed E-state index contributed by atoms with van der Waals surface area (Å²) in [5, 5.41) is 10.5. The van der Waals surface area contributed by atoms with Crippen LogP contribution >= 0.6 is 0 Å². The van der Waals surface area contributed by atoms with Crippen molar-refractivity contribution in [1.29, 1.82) is 0 Å². The van der Waals surface area contributed by atoms with Crippen LogP contribution in [-0.4, -0.2) is 44.7 Å². The van der Waals surface area contributed by atoms with Gasteiger partial charge >= 0.3 is 0 Å². The summed E-state index contributed by atoms with van der Waals surface area (Å²) >= 11 is 0. The number of aliphatic hydroxyl groups excluding tert-OH is 1. The van der Waals surface area contributed by atoms with Crippen molar-refractivity contribution in [3.63, 3.8) is 0 Å². The topological polar surface area (TPSA) is 91.3 Å². The molecule has 1 aliphatic heterocycles. The molecule has 0 bridgehead atoms. The van der Waals surface area contributed by atoms with Crippen LogP contribution in [0.1, 0.15) is 16.7 Å². The van der Waals surface area contributed by atoms with Crippen molar-refractivity contribution in [2.45, 2.75) is 49.6 Å². The van der Waals surface area contributed by atoms with Gasteiger partial charge in [-0.3, -0.25) is 4.18 Å². The second kappa shape index (κ2) is 11.2. The van der Waals surface area contributed by atoms with E-state index < -0.39 is 34.7 Å². The van der Waals surface area contributed by atoms with Crippen LogP contribution in [-0.2, 0) is 41.7 Å². The molecule has 0 aliphatic carbocycles. The molecule has 3 aromatic rings. The Morgan fingerprint density at radius 3 is 1.97 bits per heavy atom. The van der Waals surface area contributed by atoms with Gasteiger partial charge in [-0.2, -0.15) is 8.42 Å². The predicted octanol–water partition coefficient (Wildman–Crippen LogP) is 3.59. The predicted molar refractivity (Wildman–Crippen MR) is 125 cm³/mol. The summed E-state index contributed by atoms with van der Waals surface area (Å²) in [6.45, 7) is 2.34. The third-order valence-electron chi connectivity index (χ3n) is 5.54. The van der Waals surface area contributed by atoms with Crippen molar-refractivity contribution in [3.05, 3.63) is 102 Å². The van der Waals surface area contributed by atoms with Crippen molar-refractivity contribution >= 4 is 10.1 Å². The van der Waals surface area contributed by atoms with Crippen LogP contribution in [0.5, 0.6) is 0 Å². The molecule has 3 aromatic carbocycles. The largest absolute Gasteiger partial charge is 0.368 e. The standard InChI is InChI=1S/C26H28O7S/c1-19-12-14-22(15-13-19)34(28,29)33-25-24(31-17-21-10-6-3-7-11-21)23(18-32-26(25)27)30-16-20-8-4-2-5-9-20/h2-15,23-27H,16-18H2,1H3/t23-,24-,25-,26-/m1/s1. The van der Waals surface area contributed by atoms with E-state index in [1.807, 2.05) is 67.6 Å². The second-order valence-electron chi connectivity index (χ2n) is 8.15. The Hall–Kier alpha value is -2.59. The smallest absolute Gasteiger partial charge is 0.297 e. The Morgan fingerprint density at radius 2 is 1.38 bits per heavy atom. The monoisotopic (exact) mass is 484 g/mol. The fourth-order valence-corrected chi connectivity index (χ4v) is 4.73. The molecule has 1 fully saturated rings. The van der Waals surface area contributed by atoms with Crippen LogP contribution < -0.4 is 0 Å². The fraction of sp³-hybridized carbons (Fsp3) is 0.308. The zero-order valence-corrected chi connectivity index (χ0v) is 19.6. The molecule has 8 heteroatoms. The summed E-state index contributed by atoms with van der Waals surface area (Å²) in [4.78, 5) is -0.0144. The summed E-state index contributed by atoms with van der Waals surface area (Å²) in [6, 6.07) is 25.3. The van der Waals surface area contributed by atoms with E-state index in [2.05, 4.69) is 0 Å². The minimum Gasteiger partial charge on any atom is -0.368 e. The first-order valence-electron chi connectivity index (χ1n) is 11.0. The van der Waals surface area contributed by atoms with Gasteiger partial charge in [0.25, 0.3) is 10.1 Å². The van der Waals surface area contributed by atoms with Gasteiger partial charge in [0, 0.05) is 0 Å². The SMILES string of the molecule is Cc1ccc(S(=O)(=O)O[C@@H]2[C@H](OCc3ccccc3)[C@H](OCc3ccccc3)CO[C@H]2O)cc1. The van der Waals surface area contributed by atoms with E-state index in [4.69, 9.17) is 18.4 Å². The maximum absolute atomic E-state index is 13.0. The zero-order chi connectivity index (χ0) is 24.0. The lowest BCUT2D eigenvalue weighted by molar-refractivity contribution is -0.266. The van der Waals surface area contributed by atoms with Gasteiger partial charge in [0.15, 0.2) is 12.4 Å². The Bertz CT molecular complexity index is 1130. The lowest BCUT2D eigenvalue weighted by Gasteiger charge is -2.39. The minimum atomic E-state index is -4.19. The van der Waals surface area contributed by atoms with Gasteiger partial charge in [-0.1, -0.05) is 78.4 Å². The van der Waals surface area contributed by atoms with Crippen molar-refractivity contribution in [2.24, 2.45) is 0 Å². The molecule has 180 valence electrons. The van der Waals surface area contributed by atoms with Crippen molar-refractivity contribution in [1.82, 2.24) is 0 Å². The van der Waals surface area contributed by atoms with Gasteiger partial charge in [-0.25, -0.2) is 0 Å². The molecule has 0 saturated carbocycles. The molecule has 34 heavy (non-hydrogen) atoms. The molecule has 1 heterocycles. The van der Waals surface area contributed by atoms with E-state index in [-0.39, 0.29) is 24.7 Å². The summed E-state index contributed by atoms with van der Waals surface area (Å²) in [5.74, 6) is 0. The van der Waals surface area contributed by atoms with Gasteiger partial charge in [0.1, 0.15) is 12.2 Å². The minimum absolute atomic E-state index is 0.0144. The number of hydrogen-bond acceptors (Lipinski definition) is 7. The van der Waals surface area contributed by atoms with Crippen molar-refractivity contribution in [3.8, 4) is 0 Å². The molecule has 0 aromatic heterocycles. The van der Waals surface area contributed by atoms with E-state index >= 15 is 0 Å². The molecule has 1 saturated heterocycles. The van der Waals surface area contributed by atoms with Gasteiger partial charge in [0.2, 0.25) is 0 Å². The van der Waals surface area contributed by atoms with Crippen molar-refractivity contribution < 1.29 is 31.9 Å². The average molecular weight is 485 g/mol. The van der Waals surface area contributed by atoms with Crippen LogP contribution in [0, 0.1) is 6.92 Å². The highest BCUT2D eigenvalue weighted by Gasteiger charge is 2.45. The van der Waals surface area contributed by atoms with Gasteiger partial charge in [-0.05, 0) is 30.2 Å². The Labute approximate surface area is 200 Å². The summed E-state index contributed by atoms with van der Waals surface area (Å²) in [5.41, 5.74) is 2.75. The number of rotatable bonds is 9. The lowest BCUT2D eigenvalue weighted by Crippen LogP contribution is -2.56. The molecule has 0 spiro atoms. The first kappa shape index (κ1) is 24.5. The van der Waals surface area contributed by atoms with E-state index in [9.17, 15) is 13.5 Å².